The van der Waals surface area contributed by atoms with Crippen LogP contribution in [0.3, 0.4) is 0 Å². The van der Waals surface area contributed by atoms with Crippen LogP contribution in [0.25, 0.3) is 0 Å². The molecule has 0 aliphatic carbocycles. The SMILES string of the molecule is CCc1ccc(OC)c(S(=O)(=O)N2CCC(C(=O)O)CC2)c1. The van der Waals surface area contributed by atoms with Crippen molar-refractivity contribution in [2.24, 2.45) is 5.92 Å². The molecule has 0 aromatic heterocycles. The zero-order valence-electron chi connectivity index (χ0n) is 12.8. The summed E-state index contributed by atoms with van der Waals surface area (Å²) in [6, 6.07) is 5.14. The number of piperidine rings is 1. The van der Waals surface area contributed by atoms with Crippen molar-refractivity contribution in [3.05, 3.63) is 23.8 Å². The summed E-state index contributed by atoms with van der Waals surface area (Å²) in [6.45, 7) is 2.40. The van der Waals surface area contributed by atoms with Crippen molar-refractivity contribution >= 4 is 16.0 Å². The first-order chi connectivity index (χ1) is 10.4. The molecule has 1 aliphatic rings. The van der Waals surface area contributed by atoms with Gasteiger partial charge in [-0.3, -0.25) is 4.79 Å². The minimum absolute atomic E-state index is 0.156. The van der Waals surface area contributed by atoms with Gasteiger partial charge in [0.2, 0.25) is 10.0 Å². The van der Waals surface area contributed by atoms with E-state index in [-0.39, 0.29) is 18.0 Å². The van der Waals surface area contributed by atoms with Gasteiger partial charge < -0.3 is 9.84 Å². The summed E-state index contributed by atoms with van der Waals surface area (Å²) in [6.07, 6.45) is 1.41. The topological polar surface area (TPSA) is 83.9 Å². The molecule has 1 saturated heterocycles. The second kappa shape index (κ2) is 6.66. The predicted molar refractivity (Wildman–Crippen MR) is 81.5 cm³/mol. The van der Waals surface area contributed by atoms with Gasteiger partial charge in [0.1, 0.15) is 10.6 Å². The number of aryl methyl sites for hydroxylation is 1. The van der Waals surface area contributed by atoms with E-state index in [2.05, 4.69) is 0 Å². The highest BCUT2D eigenvalue weighted by Crippen LogP contribution is 2.30. The minimum atomic E-state index is -3.67. The van der Waals surface area contributed by atoms with Crippen molar-refractivity contribution in [1.29, 1.82) is 0 Å². The molecule has 0 amide bonds. The van der Waals surface area contributed by atoms with Crippen LogP contribution >= 0.6 is 0 Å². The van der Waals surface area contributed by atoms with E-state index in [0.717, 1.165) is 12.0 Å². The van der Waals surface area contributed by atoms with E-state index in [1.54, 1.807) is 12.1 Å². The third-order valence-corrected chi connectivity index (χ3v) is 5.98. The second-order valence-electron chi connectivity index (χ2n) is 5.36. The Hall–Kier alpha value is -1.60. The van der Waals surface area contributed by atoms with Gasteiger partial charge in [0.25, 0.3) is 0 Å². The van der Waals surface area contributed by atoms with Crippen LogP contribution < -0.4 is 4.74 Å². The number of hydrogen-bond donors (Lipinski definition) is 1. The Morgan fingerprint density at radius 2 is 2.00 bits per heavy atom. The number of ether oxygens (including phenoxy) is 1. The Balaban J connectivity index is 2.29. The summed E-state index contributed by atoms with van der Waals surface area (Å²) in [5, 5.41) is 9.01. The molecule has 0 radical (unpaired) electrons. The molecular weight excluding hydrogens is 306 g/mol. The maximum Gasteiger partial charge on any atom is 0.306 e. The normalized spacial score (nSPS) is 17.4. The molecule has 22 heavy (non-hydrogen) atoms. The second-order valence-corrected chi connectivity index (χ2v) is 7.26. The van der Waals surface area contributed by atoms with Crippen LogP contribution in [0.1, 0.15) is 25.3 Å². The van der Waals surface area contributed by atoms with Gasteiger partial charge in [-0.05, 0) is 37.0 Å². The number of nitrogens with zero attached hydrogens (tertiary/aromatic N) is 1. The van der Waals surface area contributed by atoms with Gasteiger partial charge in [0, 0.05) is 13.1 Å². The number of carboxylic acid groups (broad SMARTS) is 1. The van der Waals surface area contributed by atoms with Crippen LogP contribution in [-0.4, -0.2) is 44.0 Å². The third-order valence-electron chi connectivity index (χ3n) is 4.06. The number of carbonyl (C=O) groups is 1. The average molecular weight is 327 g/mol. The number of hydrogen-bond acceptors (Lipinski definition) is 4. The maximum absolute atomic E-state index is 12.8. The van der Waals surface area contributed by atoms with Crippen LogP contribution in [0.2, 0.25) is 0 Å². The lowest BCUT2D eigenvalue weighted by Crippen LogP contribution is -2.40. The van der Waals surface area contributed by atoms with Crippen LogP contribution in [0.15, 0.2) is 23.1 Å². The molecular formula is C15H21NO5S. The number of carboxylic acids is 1. The lowest BCUT2D eigenvalue weighted by molar-refractivity contribution is -0.142. The van der Waals surface area contributed by atoms with E-state index in [1.807, 2.05) is 13.0 Å². The molecule has 1 aliphatic heterocycles. The molecule has 7 heteroatoms. The van der Waals surface area contributed by atoms with Gasteiger partial charge in [0.15, 0.2) is 0 Å². The number of benzene rings is 1. The number of aliphatic carboxylic acids is 1. The third kappa shape index (κ3) is 3.25. The van der Waals surface area contributed by atoms with Crippen molar-refractivity contribution in [1.82, 2.24) is 4.31 Å². The first-order valence-corrected chi connectivity index (χ1v) is 8.74. The monoisotopic (exact) mass is 327 g/mol. The van der Waals surface area contributed by atoms with Gasteiger partial charge >= 0.3 is 5.97 Å². The molecule has 1 aromatic rings. The smallest absolute Gasteiger partial charge is 0.306 e. The lowest BCUT2D eigenvalue weighted by Gasteiger charge is -2.29. The lowest BCUT2D eigenvalue weighted by atomic mass is 9.99. The van der Waals surface area contributed by atoms with Crippen molar-refractivity contribution in [2.75, 3.05) is 20.2 Å². The van der Waals surface area contributed by atoms with Crippen molar-refractivity contribution < 1.29 is 23.1 Å². The fourth-order valence-electron chi connectivity index (χ4n) is 2.62. The van der Waals surface area contributed by atoms with E-state index in [4.69, 9.17) is 9.84 Å². The van der Waals surface area contributed by atoms with E-state index < -0.39 is 21.9 Å². The highest BCUT2D eigenvalue weighted by Gasteiger charge is 2.33. The van der Waals surface area contributed by atoms with Crippen LogP contribution in [0.5, 0.6) is 5.75 Å². The van der Waals surface area contributed by atoms with Crippen LogP contribution in [0.4, 0.5) is 0 Å². The zero-order chi connectivity index (χ0) is 16.3. The number of methoxy groups -OCH3 is 1. The fourth-order valence-corrected chi connectivity index (χ4v) is 4.30. The van der Waals surface area contributed by atoms with Crippen molar-refractivity contribution in [3.63, 3.8) is 0 Å². The molecule has 0 atom stereocenters. The standard InChI is InChI=1S/C15H21NO5S/c1-3-11-4-5-13(21-2)14(10-11)22(19,20)16-8-6-12(7-9-16)15(17)18/h4-5,10,12H,3,6-9H2,1-2H3,(H,17,18). The summed E-state index contributed by atoms with van der Waals surface area (Å²) in [5.74, 6) is -1.00. The molecule has 0 unspecified atom stereocenters. The molecule has 0 saturated carbocycles. The van der Waals surface area contributed by atoms with E-state index in [1.165, 1.54) is 11.4 Å². The van der Waals surface area contributed by atoms with Crippen LogP contribution in [-0.2, 0) is 21.2 Å². The van der Waals surface area contributed by atoms with Gasteiger partial charge in [0.05, 0.1) is 13.0 Å². The largest absolute Gasteiger partial charge is 0.495 e. The van der Waals surface area contributed by atoms with Crippen LogP contribution in [0, 0.1) is 5.92 Å². The molecule has 1 aromatic carbocycles. The Kier molecular flexibility index (Phi) is 5.08. The Morgan fingerprint density at radius 1 is 1.36 bits per heavy atom. The van der Waals surface area contributed by atoms with Crippen molar-refractivity contribution in [3.8, 4) is 5.75 Å². The maximum atomic E-state index is 12.8. The predicted octanol–water partition coefficient (Wildman–Crippen LogP) is 1.74. The molecule has 1 N–H and O–H groups in total. The average Bonchev–Trinajstić information content (AvgIpc) is 2.54. The van der Waals surface area contributed by atoms with Gasteiger partial charge in [-0.1, -0.05) is 13.0 Å². The quantitative estimate of drug-likeness (QED) is 0.890. The van der Waals surface area contributed by atoms with E-state index in [0.29, 0.717) is 18.6 Å². The summed E-state index contributed by atoms with van der Waals surface area (Å²) < 4.78 is 32.2. The molecule has 0 bridgehead atoms. The van der Waals surface area contributed by atoms with E-state index >= 15 is 0 Å². The first kappa shape index (κ1) is 16.8. The molecule has 2 rings (SSSR count). The zero-order valence-corrected chi connectivity index (χ0v) is 13.6. The van der Waals surface area contributed by atoms with Gasteiger partial charge in [-0.25, -0.2) is 8.42 Å². The highest BCUT2D eigenvalue weighted by molar-refractivity contribution is 7.89. The summed E-state index contributed by atoms with van der Waals surface area (Å²) >= 11 is 0. The number of rotatable bonds is 5. The highest BCUT2D eigenvalue weighted by atomic mass is 32.2. The summed E-state index contributed by atoms with van der Waals surface area (Å²) in [4.78, 5) is 11.1. The fraction of sp³-hybridized carbons (Fsp3) is 0.533. The summed E-state index contributed by atoms with van der Waals surface area (Å²) in [7, 11) is -2.23. The molecule has 1 fully saturated rings. The van der Waals surface area contributed by atoms with Gasteiger partial charge in [-0.15, -0.1) is 0 Å². The first-order valence-electron chi connectivity index (χ1n) is 7.30. The van der Waals surface area contributed by atoms with E-state index in [9.17, 15) is 13.2 Å². The van der Waals surface area contributed by atoms with Crippen molar-refractivity contribution in [2.45, 2.75) is 31.1 Å². The molecule has 0 spiro atoms. The number of sulfonamides is 1. The Morgan fingerprint density at radius 3 is 2.50 bits per heavy atom. The molecule has 6 nitrogen and oxygen atoms in total. The molecule has 122 valence electrons. The Bertz CT molecular complexity index is 648. The minimum Gasteiger partial charge on any atom is -0.495 e. The Labute approximate surface area is 130 Å². The van der Waals surface area contributed by atoms with Gasteiger partial charge in [-0.2, -0.15) is 4.31 Å². The molecule has 1 heterocycles. The summed E-state index contributed by atoms with van der Waals surface area (Å²) in [5.41, 5.74) is 0.916.